The molecule has 2 N–H and O–H groups in total. The molecule has 3 aromatic carbocycles. The Labute approximate surface area is 169 Å². The van der Waals surface area contributed by atoms with Crippen LogP contribution in [0.25, 0.3) is 0 Å². The van der Waals surface area contributed by atoms with E-state index in [-0.39, 0.29) is 18.2 Å². The number of carbonyl (C=O) groups excluding carboxylic acids is 2. The van der Waals surface area contributed by atoms with Gasteiger partial charge in [0.05, 0.1) is 26.3 Å². The Morgan fingerprint density at radius 1 is 0.828 bits per heavy atom. The summed E-state index contributed by atoms with van der Waals surface area (Å²) in [7, 11) is 3.09. The van der Waals surface area contributed by atoms with Gasteiger partial charge in [-0.2, -0.15) is 0 Å². The van der Waals surface area contributed by atoms with Crippen molar-refractivity contribution in [3.63, 3.8) is 0 Å². The number of anilines is 2. The normalized spacial score (nSPS) is 10.1. The first kappa shape index (κ1) is 19.9. The van der Waals surface area contributed by atoms with Gasteiger partial charge in [0.25, 0.3) is 5.91 Å². The van der Waals surface area contributed by atoms with Crippen LogP contribution in [0, 0.1) is 0 Å². The second-order valence-electron chi connectivity index (χ2n) is 6.31. The molecule has 0 fully saturated rings. The summed E-state index contributed by atoms with van der Waals surface area (Å²) in [5.41, 5.74) is 2.43. The minimum absolute atomic E-state index is 0.145. The minimum atomic E-state index is -0.293. The van der Waals surface area contributed by atoms with E-state index in [1.54, 1.807) is 49.6 Å². The molecule has 148 valence electrons. The van der Waals surface area contributed by atoms with Crippen LogP contribution >= 0.6 is 0 Å². The topological polar surface area (TPSA) is 76.7 Å². The van der Waals surface area contributed by atoms with Gasteiger partial charge in [0.2, 0.25) is 5.91 Å². The van der Waals surface area contributed by atoms with Gasteiger partial charge in [0, 0.05) is 11.3 Å². The van der Waals surface area contributed by atoms with Crippen LogP contribution in [0.2, 0.25) is 0 Å². The van der Waals surface area contributed by atoms with Crippen molar-refractivity contribution >= 4 is 23.2 Å². The van der Waals surface area contributed by atoms with Crippen LogP contribution in [0.15, 0.2) is 72.8 Å². The third-order valence-corrected chi connectivity index (χ3v) is 4.29. The summed E-state index contributed by atoms with van der Waals surface area (Å²) >= 11 is 0. The molecule has 3 aromatic rings. The second kappa shape index (κ2) is 9.41. The lowest BCUT2D eigenvalue weighted by Gasteiger charge is -2.13. The van der Waals surface area contributed by atoms with E-state index in [1.807, 2.05) is 30.3 Å². The van der Waals surface area contributed by atoms with E-state index in [0.717, 1.165) is 5.56 Å². The highest BCUT2D eigenvalue weighted by Gasteiger charge is 2.12. The number of hydrogen-bond acceptors (Lipinski definition) is 4. The van der Waals surface area contributed by atoms with Gasteiger partial charge in [-0.05, 0) is 48.0 Å². The predicted octanol–water partition coefficient (Wildman–Crippen LogP) is 4.14. The van der Waals surface area contributed by atoms with Gasteiger partial charge in [-0.25, -0.2) is 0 Å². The Balaban J connectivity index is 1.72. The molecule has 0 radical (unpaired) electrons. The SMILES string of the molecule is COc1ccc(C(=O)Nc2cc(NC(=O)Cc3ccccc3)ccc2OC)cc1. The fraction of sp³-hybridized carbons (Fsp3) is 0.130. The standard InChI is InChI=1S/C23H22N2O4/c1-28-19-11-8-17(9-12-19)23(27)25-20-15-18(10-13-21(20)29-2)24-22(26)14-16-6-4-3-5-7-16/h3-13,15H,14H2,1-2H3,(H,24,26)(H,25,27). The van der Waals surface area contributed by atoms with E-state index in [0.29, 0.717) is 28.4 Å². The lowest BCUT2D eigenvalue weighted by atomic mass is 10.1. The number of rotatable bonds is 7. The molecule has 0 heterocycles. The van der Waals surface area contributed by atoms with Crippen molar-refractivity contribution in [2.24, 2.45) is 0 Å². The van der Waals surface area contributed by atoms with E-state index in [9.17, 15) is 9.59 Å². The molecule has 0 bridgehead atoms. The summed E-state index contributed by atoms with van der Waals surface area (Å²) in [6.45, 7) is 0. The summed E-state index contributed by atoms with van der Waals surface area (Å²) in [6, 6.07) is 21.4. The van der Waals surface area contributed by atoms with Gasteiger partial charge >= 0.3 is 0 Å². The molecule has 6 nitrogen and oxygen atoms in total. The number of amides is 2. The van der Waals surface area contributed by atoms with Crippen molar-refractivity contribution in [2.75, 3.05) is 24.9 Å². The molecule has 0 aliphatic heterocycles. The molecule has 2 amide bonds. The highest BCUT2D eigenvalue weighted by molar-refractivity contribution is 6.05. The fourth-order valence-electron chi connectivity index (χ4n) is 2.81. The van der Waals surface area contributed by atoms with Gasteiger partial charge in [-0.1, -0.05) is 30.3 Å². The summed E-state index contributed by atoms with van der Waals surface area (Å²) < 4.78 is 10.4. The number of methoxy groups -OCH3 is 2. The smallest absolute Gasteiger partial charge is 0.255 e. The number of benzene rings is 3. The summed E-state index contributed by atoms with van der Waals surface area (Å²) in [5.74, 6) is 0.725. The molecule has 6 heteroatoms. The maximum atomic E-state index is 12.6. The number of hydrogen-bond donors (Lipinski definition) is 2. The molecule has 0 aliphatic carbocycles. The van der Waals surface area contributed by atoms with Crippen LogP contribution in [0.4, 0.5) is 11.4 Å². The van der Waals surface area contributed by atoms with Gasteiger partial charge in [0.1, 0.15) is 11.5 Å². The lowest BCUT2D eigenvalue weighted by Crippen LogP contribution is -2.16. The fourth-order valence-corrected chi connectivity index (χ4v) is 2.81. The summed E-state index contributed by atoms with van der Waals surface area (Å²) in [4.78, 5) is 24.9. The van der Waals surface area contributed by atoms with Crippen molar-refractivity contribution in [3.05, 3.63) is 83.9 Å². The van der Waals surface area contributed by atoms with E-state index in [1.165, 1.54) is 7.11 Å². The first-order valence-electron chi connectivity index (χ1n) is 9.06. The van der Waals surface area contributed by atoms with Crippen LogP contribution in [0.3, 0.4) is 0 Å². The van der Waals surface area contributed by atoms with Crippen molar-refractivity contribution in [1.82, 2.24) is 0 Å². The summed E-state index contributed by atoms with van der Waals surface area (Å²) in [5, 5.41) is 5.67. The Hall–Kier alpha value is -3.80. The summed E-state index contributed by atoms with van der Waals surface area (Å²) in [6.07, 6.45) is 0.264. The van der Waals surface area contributed by atoms with E-state index in [4.69, 9.17) is 9.47 Å². The Morgan fingerprint density at radius 3 is 2.21 bits per heavy atom. The molecule has 0 atom stereocenters. The maximum absolute atomic E-state index is 12.6. The zero-order chi connectivity index (χ0) is 20.6. The first-order chi connectivity index (χ1) is 14.1. The number of nitrogens with one attached hydrogen (secondary N) is 2. The van der Waals surface area contributed by atoms with Gasteiger partial charge in [-0.3, -0.25) is 9.59 Å². The Kier molecular flexibility index (Phi) is 6.47. The van der Waals surface area contributed by atoms with E-state index < -0.39 is 0 Å². The Bertz CT molecular complexity index is 986. The molecule has 0 unspecified atom stereocenters. The van der Waals surface area contributed by atoms with Crippen molar-refractivity contribution in [2.45, 2.75) is 6.42 Å². The monoisotopic (exact) mass is 390 g/mol. The molecular weight excluding hydrogens is 368 g/mol. The van der Waals surface area contributed by atoms with Crippen LogP contribution in [-0.4, -0.2) is 26.0 Å². The maximum Gasteiger partial charge on any atom is 0.255 e. The molecule has 0 aromatic heterocycles. The third kappa shape index (κ3) is 5.35. The van der Waals surface area contributed by atoms with Crippen LogP contribution in [0.5, 0.6) is 11.5 Å². The van der Waals surface area contributed by atoms with E-state index in [2.05, 4.69) is 10.6 Å². The van der Waals surface area contributed by atoms with Crippen molar-refractivity contribution in [1.29, 1.82) is 0 Å². The molecule has 0 spiro atoms. The quantitative estimate of drug-likeness (QED) is 0.636. The first-order valence-corrected chi connectivity index (χ1v) is 9.06. The van der Waals surface area contributed by atoms with Gasteiger partial charge in [-0.15, -0.1) is 0 Å². The van der Waals surface area contributed by atoms with Crippen LogP contribution in [0.1, 0.15) is 15.9 Å². The second-order valence-corrected chi connectivity index (χ2v) is 6.31. The highest BCUT2D eigenvalue weighted by Crippen LogP contribution is 2.28. The largest absolute Gasteiger partial charge is 0.497 e. The van der Waals surface area contributed by atoms with Gasteiger partial charge in [0.15, 0.2) is 0 Å². The van der Waals surface area contributed by atoms with Crippen LogP contribution < -0.4 is 20.1 Å². The van der Waals surface area contributed by atoms with Crippen molar-refractivity contribution < 1.29 is 19.1 Å². The van der Waals surface area contributed by atoms with Crippen LogP contribution in [-0.2, 0) is 11.2 Å². The van der Waals surface area contributed by atoms with E-state index >= 15 is 0 Å². The lowest BCUT2D eigenvalue weighted by molar-refractivity contribution is -0.115. The van der Waals surface area contributed by atoms with Gasteiger partial charge < -0.3 is 20.1 Å². The third-order valence-electron chi connectivity index (χ3n) is 4.29. The van der Waals surface area contributed by atoms with Crippen molar-refractivity contribution in [3.8, 4) is 11.5 Å². The highest BCUT2D eigenvalue weighted by atomic mass is 16.5. The molecule has 29 heavy (non-hydrogen) atoms. The zero-order valence-corrected chi connectivity index (χ0v) is 16.3. The Morgan fingerprint density at radius 2 is 1.55 bits per heavy atom. The molecular formula is C23H22N2O4. The average Bonchev–Trinajstić information content (AvgIpc) is 2.74. The molecule has 0 saturated heterocycles. The minimum Gasteiger partial charge on any atom is -0.497 e. The number of carbonyl (C=O) groups is 2. The predicted molar refractivity (Wildman–Crippen MR) is 113 cm³/mol. The molecule has 0 aliphatic rings. The number of ether oxygens (including phenoxy) is 2. The molecule has 3 rings (SSSR count). The zero-order valence-electron chi connectivity index (χ0n) is 16.3. The average molecular weight is 390 g/mol. The molecule has 0 saturated carbocycles.